The largest absolute Gasteiger partial charge is 0.385 e. The van der Waals surface area contributed by atoms with Crippen LogP contribution in [0.1, 0.15) is 17.5 Å². The number of nitrogen functional groups attached to an aromatic ring is 1. The molecule has 0 amide bonds. The monoisotopic (exact) mass is 424 g/mol. The number of fused-ring (bicyclic) bond motifs is 2. The number of anilines is 1. The van der Waals surface area contributed by atoms with Crippen LogP contribution in [0.25, 0.3) is 22.2 Å². The Morgan fingerprint density at radius 1 is 1.07 bits per heavy atom. The standard InChI is InChI=1S/C22H24N4O3S/c1-14-9-10-15(2)18(13-14)30(27,28)20-19-22(26(21(20)23)11-6-12-29-3)25-17-8-5-4-7-16(17)24-19/h4-5,7-10,13H,6,11-12,23H2,1-3H3. The minimum absolute atomic E-state index is 0.0156. The molecule has 0 aliphatic rings. The Morgan fingerprint density at radius 2 is 1.77 bits per heavy atom. The van der Waals surface area contributed by atoms with E-state index in [1.165, 1.54) is 0 Å². The second kappa shape index (κ2) is 7.70. The van der Waals surface area contributed by atoms with Gasteiger partial charge in [0.15, 0.2) is 5.65 Å². The summed E-state index contributed by atoms with van der Waals surface area (Å²) >= 11 is 0. The van der Waals surface area contributed by atoms with E-state index in [-0.39, 0.29) is 15.6 Å². The van der Waals surface area contributed by atoms with Crippen molar-refractivity contribution in [2.24, 2.45) is 0 Å². The van der Waals surface area contributed by atoms with Gasteiger partial charge in [0.1, 0.15) is 16.2 Å². The molecule has 156 valence electrons. The van der Waals surface area contributed by atoms with Crippen molar-refractivity contribution in [3.8, 4) is 0 Å². The summed E-state index contributed by atoms with van der Waals surface area (Å²) in [6, 6.07) is 12.7. The van der Waals surface area contributed by atoms with E-state index < -0.39 is 9.84 Å². The normalized spacial score (nSPS) is 12.1. The maximum Gasteiger partial charge on any atom is 0.212 e. The molecule has 2 aromatic carbocycles. The molecule has 0 fully saturated rings. The van der Waals surface area contributed by atoms with Gasteiger partial charge in [0.05, 0.1) is 15.9 Å². The van der Waals surface area contributed by atoms with Gasteiger partial charge >= 0.3 is 0 Å². The number of hydrogen-bond donors (Lipinski definition) is 1. The molecule has 0 aliphatic heterocycles. The Labute approximate surface area is 175 Å². The van der Waals surface area contributed by atoms with Crippen LogP contribution in [0.5, 0.6) is 0 Å². The quantitative estimate of drug-likeness (QED) is 0.474. The molecule has 0 bridgehead atoms. The molecule has 0 saturated carbocycles. The average Bonchev–Trinajstić information content (AvgIpc) is 2.99. The first kappa shape index (κ1) is 20.3. The van der Waals surface area contributed by atoms with Gasteiger partial charge in [-0.15, -0.1) is 0 Å². The summed E-state index contributed by atoms with van der Waals surface area (Å²) in [5, 5.41) is 0. The third kappa shape index (κ3) is 3.32. The van der Waals surface area contributed by atoms with Crippen LogP contribution in [0.4, 0.5) is 5.82 Å². The van der Waals surface area contributed by atoms with Crippen LogP contribution in [-0.4, -0.2) is 36.7 Å². The maximum atomic E-state index is 13.7. The molecule has 0 unspecified atom stereocenters. The molecule has 0 aliphatic carbocycles. The van der Waals surface area contributed by atoms with Crippen molar-refractivity contribution in [2.45, 2.75) is 36.6 Å². The van der Waals surface area contributed by atoms with Crippen LogP contribution >= 0.6 is 0 Å². The molecule has 8 heteroatoms. The number of ether oxygens (including phenoxy) is 1. The summed E-state index contributed by atoms with van der Waals surface area (Å²) in [6.45, 7) is 4.65. The van der Waals surface area contributed by atoms with Gasteiger partial charge in [-0.25, -0.2) is 18.4 Å². The van der Waals surface area contributed by atoms with Gasteiger partial charge in [0.2, 0.25) is 9.84 Å². The number of aromatic nitrogens is 3. The lowest BCUT2D eigenvalue weighted by molar-refractivity contribution is 0.191. The molecule has 0 spiro atoms. The van der Waals surface area contributed by atoms with Crippen molar-refractivity contribution in [2.75, 3.05) is 19.5 Å². The lowest BCUT2D eigenvalue weighted by Crippen LogP contribution is -2.10. The van der Waals surface area contributed by atoms with Crippen LogP contribution < -0.4 is 5.73 Å². The van der Waals surface area contributed by atoms with Gasteiger partial charge in [0, 0.05) is 20.3 Å². The lowest BCUT2D eigenvalue weighted by Gasteiger charge is -2.10. The van der Waals surface area contributed by atoms with E-state index in [1.807, 2.05) is 37.3 Å². The van der Waals surface area contributed by atoms with E-state index in [0.717, 1.165) is 5.56 Å². The Morgan fingerprint density at radius 3 is 2.47 bits per heavy atom. The molecule has 2 aromatic heterocycles. The van der Waals surface area contributed by atoms with Gasteiger partial charge in [-0.3, -0.25) is 0 Å². The number of nitrogens with zero attached hydrogens (tertiary/aromatic N) is 3. The van der Waals surface area contributed by atoms with Crippen molar-refractivity contribution >= 4 is 37.9 Å². The molecule has 30 heavy (non-hydrogen) atoms. The van der Waals surface area contributed by atoms with Gasteiger partial charge in [-0.2, -0.15) is 0 Å². The van der Waals surface area contributed by atoms with Crippen molar-refractivity contribution in [1.82, 2.24) is 14.5 Å². The van der Waals surface area contributed by atoms with Gasteiger partial charge in [-0.1, -0.05) is 24.3 Å². The second-order valence-electron chi connectivity index (χ2n) is 7.37. The average molecular weight is 425 g/mol. The number of hydrogen-bond acceptors (Lipinski definition) is 6. The first-order valence-corrected chi connectivity index (χ1v) is 11.2. The minimum atomic E-state index is -3.91. The van der Waals surface area contributed by atoms with Crippen LogP contribution in [0.15, 0.2) is 52.3 Å². The molecule has 0 saturated heterocycles. The highest BCUT2D eigenvalue weighted by Crippen LogP contribution is 2.36. The molecule has 2 N–H and O–H groups in total. The third-order valence-electron chi connectivity index (χ3n) is 5.18. The SMILES string of the molecule is COCCCn1c(N)c(S(=O)(=O)c2cc(C)ccc2C)c2nc3ccccc3nc21. The van der Waals surface area contributed by atoms with Gasteiger partial charge < -0.3 is 15.0 Å². The number of nitrogens with two attached hydrogens (primary N) is 1. The molecule has 4 rings (SSSR count). The minimum Gasteiger partial charge on any atom is -0.385 e. The van der Waals surface area contributed by atoms with Crippen LogP contribution in [0, 0.1) is 13.8 Å². The topological polar surface area (TPSA) is 100 Å². The second-order valence-corrected chi connectivity index (χ2v) is 9.22. The molecule has 7 nitrogen and oxygen atoms in total. The molecule has 2 heterocycles. The molecule has 0 radical (unpaired) electrons. The Hall–Kier alpha value is -2.97. The zero-order chi connectivity index (χ0) is 21.5. The summed E-state index contributed by atoms with van der Waals surface area (Å²) in [5.74, 6) is 0.150. The van der Waals surface area contributed by atoms with E-state index in [2.05, 4.69) is 4.98 Å². The van der Waals surface area contributed by atoms with Crippen LogP contribution in [0.3, 0.4) is 0 Å². The molecule has 0 atom stereocenters. The van der Waals surface area contributed by atoms with E-state index in [9.17, 15) is 8.42 Å². The zero-order valence-electron chi connectivity index (χ0n) is 17.2. The zero-order valence-corrected chi connectivity index (χ0v) is 18.0. The first-order valence-electron chi connectivity index (χ1n) is 9.70. The third-order valence-corrected chi connectivity index (χ3v) is 7.14. The van der Waals surface area contributed by atoms with E-state index in [1.54, 1.807) is 30.7 Å². The fraction of sp³-hybridized carbons (Fsp3) is 0.273. The Bertz CT molecular complexity index is 1360. The number of methoxy groups -OCH3 is 1. The van der Waals surface area contributed by atoms with Crippen LogP contribution in [0.2, 0.25) is 0 Å². The van der Waals surface area contributed by atoms with Crippen molar-refractivity contribution in [1.29, 1.82) is 0 Å². The molecular weight excluding hydrogens is 400 g/mol. The number of benzene rings is 2. The summed E-state index contributed by atoms with van der Waals surface area (Å²) < 4.78 is 34.3. The Balaban J connectivity index is 2.04. The molecule has 4 aromatic rings. The van der Waals surface area contributed by atoms with Gasteiger partial charge in [0.25, 0.3) is 0 Å². The highest BCUT2D eigenvalue weighted by molar-refractivity contribution is 7.92. The highest BCUT2D eigenvalue weighted by atomic mass is 32.2. The fourth-order valence-corrected chi connectivity index (χ4v) is 5.48. The Kier molecular flexibility index (Phi) is 5.21. The van der Waals surface area contributed by atoms with E-state index in [0.29, 0.717) is 47.3 Å². The summed E-state index contributed by atoms with van der Waals surface area (Å²) in [7, 11) is -2.28. The molecular formula is C22H24N4O3S. The number of aryl methyl sites for hydroxylation is 3. The predicted molar refractivity (Wildman–Crippen MR) is 117 cm³/mol. The lowest BCUT2D eigenvalue weighted by atomic mass is 10.2. The summed E-state index contributed by atoms with van der Waals surface area (Å²) in [5.41, 5.74) is 10.0. The van der Waals surface area contributed by atoms with Crippen LogP contribution in [-0.2, 0) is 21.1 Å². The van der Waals surface area contributed by atoms with E-state index in [4.69, 9.17) is 15.5 Å². The van der Waals surface area contributed by atoms with Crippen molar-refractivity contribution < 1.29 is 13.2 Å². The highest BCUT2D eigenvalue weighted by Gasteiger charge is 2.31. The first-order chi connectivity index (χ1) is 14.3. The number of para-hydroxylation sites is 2. The maximum absolute atomic E-state index is 13.7. The van der Waals surface area contributed by atoms with Crippen molar-refractivity contribution in [3.63, 3.8) is 0 Å². The number of rotatable bonds is 6. The predicted octanol–water partition coefficient (Wildman–Crippen LogP) is 3.65. The fourth-order valence-electron chi connectivity index (χ4n) is 3.65. The van der Waals surface area contributed by atoms with Crippen molar-refractivity contribution in [3.05, 3.63) is 53.6 Å². The summed E-state index contributed by atoms with van der Waals surface area (Å²) in [4.78, 5) is 9.61. The van der Waals surface area contributed by atoms with Gasteiger partial charge in [-0.05, 0) is 49.6 Å². The summed E-state index contributed by atoms with van der Waals surface area (Å²) in [6.07, 6.45) is 0.669. The number of sulfone groups is 1. The van der Waals surface area contributed by atoms with E-state index >= 15 is 0 Å². The smallest absolute Gasteiger partial charge is 0.212 e.